The third-order valence-corrected chi connectivity index (χ3v) is 2.30. The minimum absolute atomic E-state index is 0.0783. The van der Waals surface area contributed by atoms with Crippen LogP contribution in [0.25, 0.3) is 0 Å². The van der Waals surface area contributed by atoms with E-state index in [2.05, 4.69) is 0 Å². The molecule has 0 atom stereocenters. The SMILES string of the molecule is N#CCCCN1C(=O)CCCCC1=O. The van der Waals surface area contributed by atoms with Gasteiger partial charge in [-0.1, -0.05) is 0 Å². The minimum atomic E-state index is -0.0783. The van der Waals surface area contributed by atoms with Crippen LogP contribution < -0.4 is 0 Å². The maximum Gasteiger partial charge on any atom is 0.229 e. The van der Waals surface area contributed by atoms with Gasteiger partial charge in [-0.05, 0) is 19.3 Å². The van der Waals surface area contributed by atoms with Crippen molar-refractivity contribution in [2.75, 3.05) is 6.54 Å². The highest BCUT2D eigenvalue weighted by molar-refractivity contribution is 5.95. The second kappa shape index (κ2) is 5.38. The number of carbonyl (C=O) groups excluding carboxylic acids is 2. The van der Waals surface area contributed by atoms with Crippen LogP contribution in [-0.4, -0.2) is 23.3 Å². The summed E-state index contributed by atoms with van der Waals surface area (Å²) in [5, 5.41) is 8.34. The van der Waals surface area contributed by atoms with E-state index in [1.165, 1.54) is 4.90 Å². The Kier molecular flexibility index (Phi) is 4.11. The molecule has 0 N–H and O–H groups in total. The van der Waals surface area contributed by atoms with Gasteiger partial charge >= 0.3 is 0 Å². The number of hydrogen-bond donors (Lipinski definition) is 0. The smallest absolute Gasteiger partial charge is 0.229 e. The number of nitriles is 1. The molecule has 1 saturated heterocycles. The van der Waals surface area contributed by atoms with Gasteiger partial charge in [0.25, 0.3) is 0 Å². The fourth-order valence-corrected chi connectivity index (χ4v) is 1.53. The fourth-order valence-electron chi connectivity index (χ4n) is 1.53. The monoisotopic (exact) mass is 194 g/mol. The van der Waals surface area contributed by atoms with E-state index in [-0.39, 0.29) is 11.8 Å². The zero-order valence-corrected chi connectivity index (χ0v) is 8.16. The summed E-state index contributed by atoms with van der Waals surface area (Å²) in [7, 11) is 0. The summed E-state index contributed by atoms with van der Waals surface area (Å²) in [4.78, 5) is 24.2. The van der Waals surface area contributed by atoms with Crippen LogP contribution in [0, 0.1) is 11.3 Å². The first-order chi connectivity index (χ1) is 6.75. The van der Waals surface area contributed by atoms with Gasteiger partial charge < -0.3 is 0 Å². The number of nitrogens with zero attached hydrogens (tertiary/aromatic N) is 2. The predicted molar refractivity (Wildman–Crippen MR) is 50.0 cm³/mol. The van der Waals surface area contributed by atoms with Crippen LogP contribution in [0.15, 0.2) is 0 Å². The van der Waals surface area contributed by atoms with Crippen molar-refractivity contribution < 1.29 is 9.59 Å². The molecule has 1 aliphatic heterocycles. The number of carbonyl (C=O) groups is 2. The van der Waals surface area contributed by atoms with E-state index in [1.807, 2.05) is 6.07 Å². The Morgan fingerprint density at radius 3 is 2.29 bits per heavy atom. The van der Waals surface area contributed by atoms with Crippen molar-refractivity contribution in [2.45, 2.75) is 38.5 Å². The topological polar surface area (TPSA) is 61.2 Å². The summed E-state index contributed by atoms with van der Waals surface area (Å²) in [6.45, 7) is 0.408. The van der Waals surface area contributed by atoms with Crippen LogP contribution in [0.1, 0.15) is 38.5 Å². The highest BCUT2D eigenvalue weighted by Crippen LogP contribution is 2.13. The molecule has 1 aliphatic rings. The second-order valence-corrected chi connectivity index (χ2v) is 3.41. The van der Waals surface area contributed by atoms with E-state index in [1.54, 1.807) is 0 Å². The summed E-state index contributed by atoms with van der Waals surface area (Å²) >= 11 is 0. The molecule has 0 aromatic heterocycles. The van der Waals surface area contributed by atoms with Gasteiger partial charge in [-0.25, -0.2) is 0 Å². The average molecular weight is 194 g/mol. The summed E-state index contributed by atoms with van der Waals surface area (Å²) in [6.07, 6.45) is 3.54. The standard InChI is InChI=1S/C10H14N2O2/c11-7-3-4-8-12-9(13)5-1-2-6-10(12)14/h1-6,8H2. The zero-order chi connectivity index (χ0) is 10.4. The molecule has 4 nitrogen and oxygen atoms in total. The van der Waals surface area contributed by atoms with Gasteiger partial charge in [0.1, 0.15) is 0 Å². The molecule has 0 aromatic carbocycles. The van der Waals surface area contributed by atoms with Gasteiger partial charge in [0, 0.05) is 25.8 Å². The Hall–Kier alpha value is -1.37. The van der Waals surface area contributed by atoms with E-state index in [9.17, 15) is 9.59 Å². The van der Waals surface area contributed by atoms with Crippen molar-refractivity contribution in [1.29, 1.82) is 5.26 Å². The molecule has 1 fully saturated rings. The van der Waals surface area contributed by atoms with Crippen LogP contribution >= 0.6 is 0 Å². The normalized spacial score (nSPS) is 17.8. The third kappa shape index (κ3) is 2.84. The van der Waals surface area contributed by atoms with Gasteiger partial charge in [-0.15, -0.1) is 0 Å². The van der Waals surface area contributed by atoms with E-state index >= 15 is 0 Å². The highest BCUT2D eigenvalue weighted by atomic mass is 16.2. The summed E-state index contributed by atoms with van der Waals surface area (Å²) < 4.78 is 0. The molecule has 1 rings (SSSR count). The van der Waals surface area contributed by atoms with Crippen molar-refractivity contribution >= 4 is 11.8 Å². The number of rotatable bonds is 3. The van der Waals surface area contributed by atoms with Crippen molar-refractivity contribution in [2.24, 2.45) is 0 Å². The molecule has 1 heterocycles. The number of unbranched alkanes of at least 4 members (excludes halogenated alkanes) is 1. The molecule has 0 bridgehead atoms. The average Bonchev–Trinajstić information content (AvgIpc) is 2.32. The highest BCUT2D eigenvalue weighted by Gasteiger charge is 2.22. The Bertz CT molecular complexity index is 250. The Balaban J connectivity index is 2.49. The van der Waals surface area contributed by atoms with E-state index in [4.69, 9.17) is 5.26 Å². The van der Waals surface area contributed by atoms with Crippen LogP contribution in [0.4, 0.5) is 0 Å². The molecular formula is C10H14N2O2. The zero-order valence-electron chi connectivity index (χ0n) is 8.16. The molecule has 0 unspecified atom stereocenters. The van der Waals surface area contributed by atoms with Crippen molar-refractivity contribution in [3.8, 4) is 6.07 Å². The maximum atomic E-state index is 11.4. The minimum Gasteiger partial charge on any atom is -0.283 e. The van der Waals surface area contributed by atoms with Crippen LogP contribution in [0.2, 0.25) is 0 Å². The van der Waals surface area contributed by atoms with E-state index < -0.39 is 0 Å². The molecular weight excluding hydrogens is 180 g/mol. The number of amides is 2. The first-order valence-corrected chi connectivity index (χ1v) is 4.96. The van der Waals surface area contributed by atoms with Crippen molar-refractivity contribution in [1.82, 2.24) is 4.90 Å². The van der Waals surface area contributed by atoms with E-state index in [0.717, 1.165) is 12.8 Å². The molecule has 0 aliphatic carbocycles. The largest absolute Gasteiger partial charge is 0.283 e. The molecule has 0 saturated carbocycles. The summed E-state index contributed by atoms with van der Waals surface area (Å²) in [6, 6.07) is 2.00. The van der Waals surface area contributed by atoms with Crippen LogP contribution in [0.5, 0.6) is 0 Å². The lowest BCUT2D eigenvalue weighted by molar-refractivity contribution is -0.143. The van der Waals surface area contributed by atoms with Gasteiger partial charge in [-0.2, -0.15) is 5.26 Å². The predicted octanol–water partition coefficient (Wildman–Crippen LogP) is 1.22. The van der Waals surface area contributed by atoms with E-state index in [0.29, 0.717) is 32.2 Å². The number of imide groups is 1. The molecule has 0 aromatic rings. The lowest BCUT2D eigenvalue weighted by Gasteiger charge is -2.17. The van der Waals surface area contributed by atoms with Crippen LogP contribution in [-0.2, 0) is 9.59 Å². The molecule has 4 heteroatoms. The van der Waals surface area contributed by atoms with Crippen LogP contribution in [0.3, 0.4) is 0 Å². The van der Waals surface area contributed by atoms with Gasteiger partial charge in [0.05, 0.1) is 6.07 Å². The second-order valence-electron chi connectivity index (χ2n) is 3.41. The lowest BCUT2D eigenvalue weighted by Crippen LogP contribution is -2.35. The lowest BCUT2D eigenvalue weighted by atomic mass is 10.2. The van der Waals surface area contributed by atoms with Crippen molar-refractivity contribution in [3.05, 3.63) is 0 Å². The first-order valence-electron chi connectivity index (χ1n) is 4.96. The molecule has 0 spiro atoms. The molecule has 14 heavy (non-hydrogen) atoms. The number of likely N-dealkylation sites (tertiary alicyclic amines) is 1. The summed E-state index contributed by atoms with van der Waals surface area (Å²) in [5.41, 5.74) is 0. The van der Waals surface area contributed by atoms with Crippen molar-refractivity contribution in [3.63, 3.8) is 0 Å². The quantitative estimate of drug-likeness (QED) is 0.501. The van der Waals surface area contributed by atoms with Gasteiger partial charge in [-0.3, -0.25) is 14.5 Å². The third-order valence-electron chi connectivity index (χ3n) is 2.30. The summed E-state index contributed by atoms with van der Waals surface area (Å²) in [5.74, 6) is -0.157. The van der Waals surface area contributed by atoms with Gasteiger partial charge in [0.2, 0.25) is 11.8 Å². The molecule has 2 amide bonds. The Morgan fingerprint density at radius 1 is 1.21 bits per heavy atom. The fraction of sp³-hybridized carbons (Fsp3) is 0.700. The first kappa shape index (κ1) is 10.7. The maximum absolute atomic E-state index is 11.4. The van der Waals surface area contributed by atoms with Gasteiger partial charge in [0.15, 0.2) is 0 Å². The molecule has 76 valence electrons. The molecule has 0 radical (unpaired) electrons. The Morgan fingerprint density at radius 2 is 1.79 bits per heavy atom. The Labute approximate surface area is 83.5 Å². The number of hydrogen-bond acceptors (Lipinski definition) is 3.